The van der Waals surface area contributed by atoms with Crippen molar-refractivity contribution in [1.29, 1.82) is 0 Å². The maximum atomic E-state index is 13.1. The average Bonchev–Trinajstić information content (AvgIpc) is 3.45. The van der Waals surface area contributed by atoms with Crippen LogP contribution in [0.2, 0.25) is 0 Å². The third-order valence-electron chi connectivity index (χ3n) is 4.89. The van der Waals surface area contributed by atoms with Crippen molar-refractivity contribution in [2.45, 2.75) is 11.2 Å². The van der Waals surface area contributed by atoms with Crippen LogP contribution >= 0.6 is 11.8 Å². The van der Waals surface area contributed by atoms with Crippen LogP contribution in [0.15, 0.2) is 66.2 Å². The first-order chi connectivity index (χ1) is 15.4. The summed E-state index contributed by atoms with van der Waals surface area (Å²) in [5.41, 5.74) is 1.76. The quantitative estimate of drug-likeness (QED) is 0.357. The molecule has 0 saturated carbocycles. The molecule has 0 unspecified atom stereocenters. The monoisotopic (exact) mass is 460 g/mol. The Balaban J connectivity index is 2.02. The van der Waals surface area contributed by atoms with E-state index >= 15 is 0 Å². The Labute approximate surface area is 186 Å². The second kappa shape index (κ2) is 8.62. The van der Waals surface area contributed by atoms with Crippen molar-refractivity contribution in [2.24, 2.45) is 0 Å². The molecule has 0 fully saturated rings. The first-order valence-corrected chi connectivity index (χ1v) is 10.6. The van der Waals surface area contributed by atoms with Gasteiger partial charge in [0.05, 0.1) is 31.8 Å². The van der Waals surface area contributed by atoms with Gasteiger partial charge >= 0.3 is 6.18 Å². The minimum Gasteiger partial charge on any atom is -0.497 e. The Morgan fingerprint density at radius 3 is 2.31 bits per heavy atom. The molecule has 0 N–H and O–H groups in total. The highest BCUT2D eigenvalue weighted by Gasteiger charge is 2.30. The summed E-state index contributed by atoms with van der Waals surface area (Å²) >= 11 is 1.42. The zero-order valence-electron chi connectivity index (χ0n) is 17.4. The number of aromatic nitrogens is 4. The van der Waals surface area contributed by atoms with Crippen molar-refractivity contribution < 1.29 is 22.6 Å². The minimum absolute atomic E-state index is 0.472. The van der Waals surface area contributed by atoms with Crippen molar-refractivity contribution in [1.82, 2.24) is 19.3 Å². The van der Waals surface area contributed by atoms with Crippen LogP contribution in [0.4, 0.5) is 13.2 Å². The lowest BCUT2D eigenvalue weighted by Gasteiger charge is -2.15. The maximum Gasteiger partial charge on any atom is 0.416 e. The molecule has 6 nitrogen and oxygen atoms in total. The van der Waals surface area contributed by atoms with Crippen LogP contribution in [0, 0.1) is 0 Å². The molecule has 0 spiro atoms. The summed E-state index contributed by atoms with van der Waals surface area (Å²) < 4.78 is 53.7. The second-order valence-electron chi connectivity index (χ2n) is 6.70. The standard InChI is InChI=1S/C22H19F3N4O2S/c1-30-16-8-9-18(31-2)17(12-16)19-20(28-11-10-26-13-28)21(32-3)27-29(19)15-6-4-14(5-7-15)22(23,24)25/h4-13H,1-3H3. The summed E-state index contributed by atoms with van der Waals surface area (Å²) in [5, 5.41) is 5.38. The van der Waals surface area contributed by atoms with Gasteiger partial charge < -0.3 is 14.0 Å². The average molecular weight is 460 g/mol. The van der Waals surface area contributed by atoms with E-state index in [0.717, 1.165) is 17.8 Å². The van der Waals surface area contributed by atoms with E-state index in [1.807, 2.05) is 10.8 Å². The van der Waals surface area contributed by atoms with Gasteiger partial charge in [0.2, 0.25) is 0 Å². The van der Waals surface area contributed by atoms with Crippen LogP contribution in [0.1, 0.15) is 5.56 Å². The molecule has 0 amide bonds. The molecule has 4 rings (SSSR count). The summed E-state index contributed by atoms with van der Waals surface area (Å²) in [6, 6.07) is 10.2. The van der Waals surface area contributed by atoms with E-state index < -0.39 is 11.7 Å². The number of thioether (sulfide) groups is 1. The van der Waals surface area contributed by atoms with Gasteiger partial charge in [-0.1, -0.05) is 0 Å². The van der Waals surface area contributed by atoms with E-state index in [-0.39, 0.29) is 0 Å². The molecule has 0 aliphatic carbocycles. The molecule has 10 heteroatoms. The van der Waals surface area contributed by atoms with Gasteiger partial charge in [0, 0.05) is 18.0 Å². The van der Waals surface area contributed by atoms with Gasteiger partial charge in [-0.3, -0.25) is 0 Å². The molecule has 2 aromatic carbocycles. The summed E-state index contributed by atoms with van der Waals surface area (Å²) in [5.74, 6) is 1.16. The third-order valence-corrected chi connectivity index (χ3v) is 5.55. The number of halogens is 3. The molecule has 0 bridgehead atoms. The van der Waals surface area contributed by atoms with Crippen molar-refractivity contribution in [2.75, 3.05) is 20.5 Å². The number of hydrogen-bond acceptors (Lipinski definition) is 5. The van der Waals surface area contributed by atoms with Crippen LogP contribution in [-0.4, -0.2) is 39.8 Å². The number of alkyl halides is 3. The van der Waals surface area contributed by atoms with E-state index in [4.69, 9.17) is 14.6 Å². The number of nitrogens with zero attached hydrogens (tertiary/aromatic N) is 4. The summed E-state index contributed by atoms with van der Waals surface area (Å²) in [4.78, 5) is 4.14. The molecule has 0 atom stereocenters. The molecular formula is C22H19F3N4O2S. The molecule has 0 saturated heterocycles. The first kappa shape index (κ1) is 21.8. The van der Waals surface area contributed by atoms with Crippen molar-refractivity contribution in [3.05, 3.63) is 66.7 Å². The normalized spacial score (nSPS) is 11.6. The highest BCUT2D eigenvalue weighted by molar-refractivity contribution is 7.98. The fourth-order valence-electron chi connectivity index (χ4n) is 3.37. The number of rotatable bonds is 6. The van der Waals surface area contributed by atoms with E-state index in [0.29, 0.717) is 33.5 Å². The lowest BCUT2D eigenvalue weighted by atomic mass is 10.1. The first-order valence-electron chi connectivity index (χ1n) is 9.42. The summed E-state index contributed by atoms with van der Waals surface area (Å²) in [6.07, 6.45) is 2.53. The van der Waals surface area contributed by atoms with Crippen LogP contribution in [0.3, 0.4) is 0 Å². The van der Waals surface area contributed by atoms with Gasteiger partial charge in [-0.25, -0.2) is 9.67 Å². The zero-order valence-corrected chi connectivity index (χ0v) is 18.2. The van der Waals surface area contributed by atoms with Crippen molar-refractivity contribution in [3.63, 3.8) is 0 Å². The Bertz CT molecular complexity index is 1220. The Morgan fingerprint density at radius 1 is 1.00 bits per heavy atom. The van der Waals surface area contributed by atoms with Gasteiger partial charge in [0.15, 0.2) is 0 Å². The molecule has 166 valence electrons. The van der Waals surface area contributed by atoms with Crippen LogP contribution in [-0.2, 0) is 6.18 Å². The largest absolute Gasteiger partial charge is 0.497 e. The predicted octanol–water partition coefficient (Wildman–Crippen LogP) is 5.48. The van der Waals surface area contributed by atoms with E-state index in [1.54, 1.807) is 55.8 Å². The summed E-state index contributed by atoms with van der Waals surface area (Å²) in [7, 11) is 3.11. The molecule has 0 aliphatic heterocycles. The highest BCUT2D eigenvalue weighted by atomic mass is 32.2. The van der Waals surface area contributed by atoms with Crippen LogP contribution < -0.4 is 9.47 Å². The molecule has 4 aromatic rings. The number of imidazole rings is 1. The highest BCUT2D eigenvalue weighted by Crippen LogP contribution is 2.41. The number of benzene rings is 2. The molecule has 2 heterocycles. The smallest absolute Gasteiger partial charge is 0.416 e. The fourth-order valence-corrected chi connectivity index (χ4v) is 3.93. The van der Waals surface area contributed by atoms with Gasteiger partial charge in [-0.15, -0.1) is 11.8 Å². The van der Waals surface area contributed by atoms with Gasteiger partial charge in [-0.2, -0.15) is 18.3 Å². The van der Waals surface area contributed by atoms with Crippen molar-refractivity contribution in [3.8, 4) is 34.1 Å². The van der Waals surface area contributed by atoms with E-state index in [9.17, 15) is 13.2 Å². The fraction of sp³-hybridized carbons (Fsp3) is 0.182. The number of methoxy groups -OCH3 is 2. The minimum atomic E-state index is -4.42. The lowest BCUT2D eigenvalue weighted by Crippen LogP contribution is -2.06. The van der Waals surface area contributed by atoms with E-state index in [2.05, 4.69) is 4.98 Å². The SMILES string of the molecule is COc1ccc(OC)c(-c2c(-n3ccnc3)c(SC)nn2-c2ccc(C(F)(F)F)cc2)c1. The van der Waals surface area contributed by atoms with Gasteiger partial charge in [0.25, 0.3) is 0 Å². The molecule has 32 heavy (non-hydrogen) atoms. The van der Waals surface area contributed by atoms with Gasteiger partial charge in [-0.05, 0) is 48.7 Å². The predicted molar refractivity (Wildman–Crippen MR) is 116 cm³/mol. The third kappa shape index (κ3) is 3.93. The van der Waals surface area contributed by atoms with Crippen LogP contribution in [0.25, 0.3) is 22.6 Å². The molecule has 0 aliphatic rings. The Hall–Kier alpha value is -3.40. The lowest BCUT2D eigenvalue weighted by molar-refractivity contribution is -0.137. The molecule has 0 radical (unpaired) electrons. The van der Waals surface area contributed by atoms with Gasteiger partial charge in [0.1, 0.15) is 27.9 Å². The second-order valence-corrected chi connectivity index (χ2v) is 7.49. The molecule has 2 aromatic heterocycles. The van der Waals surface area contributed by atoms with Crippen molar-refractivity contribution >= 4 is 11.8 Å². The maximum absolute atomic E-state index is 13.1. The van der Waals surface area contributed by atoms with Crippen LogP contribution in [0.5, 0.6) is 11.5 Å². The Morgan fingerprint density at radius 2 is 1.75 bits per heavy atom. The summed E-state index contributed by atoms with van der Waals surface area (Å²) in [6.45, 7) is 0. The topological polar surface area (TPSA) is 54.1 Å². The Kier molecular flexibility index (Phi) is 5.88. The van der Waals surface area contributed by atoms with E-state index in [1.165, 1.54) is 23.9 Å². The number of ether oxygens (including phenoxy) is 2. The number of hydrogen-bond donors (Lipinski definition) is 0. The molecular weight excluding hydrogens is 441 g/mol. The zero-order chi connectivity index (χ0) is 22.9.